The van der Waals surface area contributed by atoms with Crippen LogP contribution in [0.5, 0.6) is 0 Å². The maximum absolute atomic E-state index is 13.2. The summed E-state index contributed by atoms with van der Waals surface area (Å²) < 4.78 is 5.36. The zero-order valence-electron chi connectivity index (χ0n) is 17.9. The molecule has 2 amide bonds. The van der Waals surface area contributed by atoms with Crippen LogP contribution in [0.15, 0.2) is 30.3 Å². The third-order valence-electron chi connectivity index (χ3n) is 5.71. The van der Waals surface area contributed by atoms with Crippen LogP contribution in [0.25, 0.3) is 0 Å². The highest BCUT2D eigenvalue weighted by Crippen LogP contribution is 2.21. The smallest absolute Gasteiger partial charge is 0.409 e. The maximum Gasteiger partial charge on any atom is 0.409 e. The van der Waals surface area contributed by atoms with Crippen LogP contribution in [0.3, 0.4) is 0 Å². The Labute approximate surface area is 174 Å². The van der Waals surface area contributed by atoms with E-state index in [1.54, 1.807) is 4.90 Å². The van der Waals surface area contributed by atoms with Crippen LogP contribution in [0, 0.1) is 11.8 Å². The molecule has 1 unspecified atom stereocenters. The van der Waals surface area contributed by atoms with E-state index in [9.17, 15) is 9.59 Å². The SMILES string of the molecule is CC(C)COC(=O)N1CCCN(C(=O)C2CCCN(Cc3ccccc3)C2)CC1. The molecule has 2 saturated heterocycles. The number of hydrogen-bond donors (Lipinski definition) is 0. The topological polar surface area (TPSA) is 53.1 Å². The molecule has 160 valence electrons. The van der Waals surface area contributed by atoms with E-state index in [2.05, 4.69) is 29.2 Å². The highest BCUT2D eigenvalue weighted by Gasteiger charge is 2.31. The zero-order valence-corrected chi connectivity index (χ0v) is 17.9. The number of hydrogen-bond acceptors (Lipinski definition) is 4. The van der Waals surface area contributed by atoms with Gasteiger partial charge in [-0.15, -0.1) is 0 Å². The Morgan fingerprint density at radius 3 is 2.48 bits per heavy atom. The monoisotopic (exact) mass is 401 g/mol. The predicted octanol–water partition coefficient (Wildman–Crippen LogP) is 3.23. The van der Waals surface area contributed by atoms with Gasteiger partial charge in [0.25, 0.3) is 0 Å². The Balaban J connectivity index is 1.50. The van der Waals surface area contributed by atoms with Gasteiger partial charge in [-0.1, -0.05) is 44.2 Å². The van der Waals surface area contributed by atoms with Crippen molar-refractivity contribution in [2.45, 2.75) is 39.7 Å². The van der Waals surface area contributed by atoms with Gasteiger partial charge in [0.1, 0.15) is 0 Å². The van der Waals surface area contributed by atoms with Crippen LogP contribution in [0.4, 0.5) is 4.79 Å². The molecular formula is C23H35N3O3. The van der Waals surface area contributed by atoms with Crippen LogP contribution in [-0.4, -0.2) is 72.6 Å². The van der Waals surface area contributed by atoms with Gasteiger partial charge in [0.15, 0.2) is 0 Å². The summed E-state index contributed by atoms with van der Waals surface area (Å²) in [5.74, 6) is 0.640. The number of carbonyl (C=O) groups excluding carboxylic acids is 2. The summed E-state index contributed by atoms with van der Waals surface area (Å²) in [6.07, 6.45) is 2.58. The fourth-order valence-electron chi connectivity index (χ4n) is 4.15. The zero-order chi connectivity index (χ0) is 20.6. The molecule has 1 aromatic rings. The van der Waals surface area contributed by atoms with Gasteiger partial charge >= 0.3 is 6.09 Å². The van der Waals surface area contributed by atoms with Gasteiger partial charge in [-0.3, -0.25) is 9.69 Å². The van der Waals surface area contributed by atoms with Gasteiger partial charge in [-0.25, -0.2) is 4.79 Å². The third-order valence-corrected chi connectivity index (χ3v) is 5.71. The summed E-state index contributed by atoms with van der Waals surface area (Å²) in [4.78, 5) is 31.5. The Kier molecular flexibility index (Phi) is 7.92. The second-order valence-electron chi connectivity index (χ2n) is 8.70. The Morgan fingerprint density at radius 2 is 1.72 bits per heavy atom. The molecule has 0 saturated carbocycles. The molecule has 0 N–H and O–H groups in total. The van der Waals surface area contributed by atoms with Gasteiger partial charge in [0, 0.05) is 39.3 Å². The van der Waals surface area contributed by atoms with Gasteiger partial charge in [-0.05, 0) is 37.3 Å². The second kappa shape index (κ2) is 10.6. The van der Waals surface area contributed by atoms with Crippen LogP contribution in [-0.2, 0) is 16.1 Å². The summed E-state index contributed by atoms with van der Waals surface area (Å²) in [7, 11) is 0. The minimum atomic E-state index is -0.250. The first-order chi connectivity index (χ1) is 14.0. The number of benzene rings is 1. The van der Waals surface area contributed by atoms with E-state index < -0.39 is 0 Å². The highest BCUT2D eigenvalue weighted by atomic mass is 16.6. The van der Waals surface area contributed by atoms with E-state index >= 15 is 0 Å². The van der Waals surface area contributed by atoms with E-state index in [4.69, 9.17) is 4.74 Å². The number of carbonyl (C=O) groups is 2. The van der Waals surface area contributed by atoms with Crippen molar-refractivity contribution in [3.63, 3.8) is 0 Å². The van der Waals surface area contributed by atoms with Crippen molar-refractivity contribution in [1.29, 1.82) is 0 Å². The molecule has 29 heavy (non-hydrogen) atoms. The predicted molar refractivity (Wildman–Crippen MR) is 113 cm³/mol. The third kappa shape index (κ3) is 6.46. The number of piperidine rings is 1. The van der Waals surface area contributed by atoms with Gasteiger partial charge in [0.2, 0.25) is 5.91 Å². The number of rotatable bonds is 5. The lowest BCUT2D eigenvalue weighted by molar-refractivity contribution is -0.137. The molecule has 2 heterocycles. The Hall–Kier alpha value is -2.08. The number of nitrogens with zero attached hydrogens (tertiary/aromatic N) is 3. The summed E-state index contributed by atoms with van der Waals surface area (Å²) in [5, 5.41) is 0. The summed E-state index contributed by atoms with van der Waals surface area (Å²) in [5.41, 5.74) is 1.30. The highest BCUT2D eigenvalue weighted by molar-refractivity contribution is 5.79. The van der Waals surface area contributed by atoms with E-state index in [1.807, 2.05) is 24.8 Å². The van der Waals surface area contributed by atoms with Crippen LogP contribution < -0.4 is 0 Å². The molecule has 0 radical (unpaired) electrons. The van der Waals surface area contributed by atoms with Crippen molar-refractivity contribution in [3.8, 4) is 0 Å². The average Bonchev–Trinajstić information content (AvgIpc) is 2.99. The summed E-state index contributed by atoms with van der Waals surface area (Å²) >= 11 is 0. The standard InChI is InChI=1S/C23H35N3O3/c1-19(2)18-29-23(28)26-13-7-12-25(14-15-26)22(27)21-10-6-11-24(17-21)16-20-8-4-3-5-9-20/h3-5,8-9,19,21H,6-7,10-18H2,1-2H3. The molecule has 0 aromatic heterocycles. The molecule has 2 aliphatic heterocycles. The van der Waals surface area contributed by atoms with Crippen LogP contribution >= 0.6 is 0 Å². The fraction of sp³-hybridized carbons (Fsp3) is 0.652. The molecule has 1 atom stereocenters. The molecule has 6 nitrogen and oxygen atoms in total. The van der Waals surface area contributed by atoms with Gasteiger partial charge < -0.3 is 14.5 Å². The normalized spacial score (nSPS) is 21.1. The Bertz CT molecular complexity index is 665. The molecule has 1 aromatic carbocycles. The van der Waals surface area contributed by atoms with Crippen LogP contribution in [0.2, 0.25) is 0 Å². The van der Waals surface area contributed by atoms with Crippen molar-refractivity contribution in [2.75, 3.05) is 45.9 Å². The largest absolute Gasteiger partial charge is 0.449 e. The van der Waals surface area contributed by atoms with Crippen molar-refractivity contribution >= 4 is 12.0 Å². The number of likely N-dealkylation sites (tertiary alicyclic amines) is 1. The van der Waals surface area contributed by atoms with E-state index in [1.165, 1.54) is 5.56 Å². The summed E-state index contributed by atoms with van der Waals surface area (Å²) in [6.45, 7) is 9.82. The van der Waals surface area contributed by atoms with Gasteiger partial charge in [-0.2, -0.15) is 0 Å². The van der Waals surface area contributed by atoms with Crippen molar-refractivity contribution < 1.29 is 14.3 Å². The lowest BCUT2D eigenvalue weighted by atomic mass is 9.96. The fourth-order valence-corrected chi connectivity index (χ4v) is 4.15. The minimum absolute atomic E-state index is 0.0619. The lowest BCUT2D eigenvalue weighted by Crippen LogP contribution is -2.45. The molecule has 0 bridgehead atoms. The molecule has 2 aliphatic rings. The van der Waals surface area contributed by atoms with Crippen molar-refractivity contribution in [3.05, 3.63) is 35.9 Å². The van der Waals surface area contributed by atoms with Crippen molar-refractivity contribution in [2.24, 2.45) is 11.8 Å². The number of amides is 2. The molecule has 2 fully saturated rings. The molecule has 3 rings (SSSR count). The Morgan fingerprint density at radius 1 is 1.00 bits per heavy atom. The van der Waals surface area contributed by atoms with Crippen molar-refractivity contribution in [1.82, 2.24) is 14.7 Å². The van der Waals surface area contributed by atoms with Gasteiger partial charge in [0.05, 0.1) is 12.5 Å². The molecule has 0 aliphatic carbocycles. The van der Waals surface area contributed by atoms with E-state index in [0.717, 1.165) is 45.4 Å². The maximum atomic E-state index is 13.2. The first kappa shape index (κ1) is 21.6. The molecule has 6 heteroatoms. The lowest BCUT2D eigenvalue weighted by Gasteiger charge is -2.34. The summed E-state index contributed by atoms with van der Waals surface area (Å²) in [6, 6.07) is 10.5. The first-order valence-corrected chi connectivity index (χ1v) is 11.0. The quantitative estimate of drug-likeness (QED) is 0.760. The van der Waals surface area contributed by atoms with E-state index in [0.29, 0.717) is 32.2 Å². The number of ether oxygens (including phenoxy) is 1. The van der Waals surface area contributed by atoms with Crippen LogP contribution in [0.1, 0.15) is 38.7 Å². The second-order valence-corrected chi connectivity index (χ2v) is 8.70. The van der Waals surface area contributed by atoms with E-state index in [-0.39, 0.29) is 17.9 Å². The first-order valence-electron chi connectivity index (χ1n) is 11.0. The minimum Gasteiger partial charge on any atom is -0.449 e. The molecular weight excluding hydrogens is 366 g/mol. The molecule has 0 spiro atoms. The average molecular weight is 402 g/mol.